The molecular formula is C13H18BrFN2O2S. The molecule has 1 fully saturated rings. The Bertz CT molecular complexity index is 571. The molecule has 0 radical (unpaired) electrons. The van der Waals surface area contributed by atoms with Gasteiger partial charge in [-0.05, 0) is 43.7 Å². The molecule has 7 heteroatoms. The topological polar surface area (TPSA) is 59.1 Å². The first-order valence-electron chi connectivity index (χ1n) is 6.59. The van der Waals surface area contributed by atoms with E-state index < -0.39 is 26.4 Å². The Kier molecular flexibility index (Phi) is 4.81. The summed E-state index contributed by atoms with van der Waals surface area (Å²) >= 11 is 3.39. The first-order valence-corrected chi connectivity index (χ1v) is 9.19. The van der Waals surface area contributed by atoms with Gasteiger partial charge in [-0.1, -0.05) is 22.9 Å². The minimum Gasteiger partial charge on any atom is -0.241 e. The van der Waals surface area contributed by atoms with Gasteiger partial charge in [0.1, 0.15) is 0 Å². The molecule has 112 valence electrons. The van der Waals surface area contributed by atoms with Crippen molar-refractivity contribution in [3.8, 4) is 0 Å². The molecule has 1 saturated carbocycles. The highest BCUT2D eigenvalue weighted by Gasteiger charge is 2.38. The van der Waals surface area contributed by atoms with Crippen molar-refractivity contribution in [2.45, 2.75) is 43.2 Å². The van der Waals surface area contributed by atoms with Gasteiger partial charge in [0.05, 0.1) is 0 Å². The molecule has 20 heavy (non-hydrogen) atoms. The SMILES string of the molecule is CC1CCC(CBr)(NS(=O)(=O)c2ncccc2F)CC1. The molecule has 0 spiro atoms. The van der Waals surface area contributed by atoms with Crippen molar-refractivity contribution in [3.05, 3.63) is 24.1 Å². The Morgan fingerprint density at radius 3 is 2.70 bits per heavy atom. The summed E-state index contributed by atoms with van der Waals surface area (Å²) in [6.07, 6.45) is 4.68. The lowest BCUT2D eigenvalue weighted by atomic mass is 9.79. The summed E-state index contributed by atoms with van der Waals surface area (Å²) in [6, 6.07) is 2.47. The number of pyridine rings is 1. The Morgan fingerprint density at radius 2 is 2.15 bits per heavy atom. The van der Waals surface area contributed by atoms with E-state index in [1.807, 2.05) is 0 Å². The second-order valence-corrected chi connectivity index (χ2v) is 7.65. The molecule has 2 rings (SSSR count). The molecule has 1 aromatic heterocycles. The number of sulfonamides is 1. The zero-order valence-corrected chi connectivity index (χ0v) is 13.7. The standard InChI is InChI=1S/C13H18BrFN2O2S/c1-10-4-6-13(9-14,7-5-10)17-20(18,19)12-11(15)3-2-8-16-12/h2-3,8,10,17H,4-7,9H2,1H3. The van der Waals surface area contributed by atoms with Crippen LogP contribution < -0.4 is 4.72 Å². The quantitative estimate of drug-likeness (QED) is 0.835. The van der Waals surface area contributed by atoms with Crippen molar-refractivity contribution < 1.29 is 12.8 Å². The molecule has 0 atom stereocenters. The van der Waals surface area contributed by atoms with Gasteiger partial charge >= 0.3 is 0 Å². The van der Waals surface area contributed by atoms with E-state index in [1.165, 1.54) is 12.3 Å². The average Bonchev–Trinajstić information content (AvgIpc) is 2.42. The van der Waals surface area contributed by atoms with E-state index in [-0.39, 0.29) is 0 Å². The van der Waals surface area contributed by atoms with Gasteiger partial charge in [-0.2, -0.15) is 0 Å². The number of hydrogen-bond donors (Lipinski definition) is 1. The van der Waals surface area contributed by atoms with Gasteiger partial charge in [0, 0.05) is 17.1 Å². The highest BCUT2D eigenvalue weighted by Crippen LogP contribution is 2.34. The molecular weight excluding hydrogens is 347 g/mol. The molecule has 1 heterocycles. The van der Waals surface area contributed by atoms with Crippen LogP contribution in [0.3, 0.4) is 0 Å². The van der Waals surface area contributed by atoms with Crippen molar-refractivity contribution in [2.24, 2.45) is 5.92 Å². The fourth-order valence-electron chi connectivity index (χ4n) is 2.48. The van der Waals surface area contributed by atoms with Crippen LogP contribution in [0.2, 0.25) is 0 Å². The van der Waals surface area contributed by atoms with Gasteiger partial charge in [0.2, 0.25) is 5.03 Å². The second-order valence-electron chi connectivity index (χ2n) is 5.49. The summed E-state index contributed by atoms with van der Waals surface area (Å²) in [7, 11) is -3.94. The number of alkyl halides is 1. The van der Waals surface area contributed by atoms with E-state index in [0.29, 0.717) is 11.2 Å². The first kappa shape index (κ1) is 15.9. The summed E-state index contributed by atoms with van der Waals surface area (Å²) in [5.74, 6) is -0.229. The monoisotopic (exact) mass is 364 g/mol. The largest absolute Gasteiger partial charge is 0.261 e. The molecule has 1 N–H and O–H groups in total. The predicted molar refractivity (Wildman–Crippen MR) is 78.7 cm³/mol. The molecule has 0 aliphatic heterocycles. The third-order valence-electron chi connectivity index (χ3n) is 3.82. The van der Waals surface area contributed by atoms with Crippen LogP contribution >= 0.6 is 15.9 Å². The molecule has 0 amide bonds. The van der Waals surface area contributed by atoms with Crippen molar-refractivity contribution in [3.63, 3.8) is 0 Å². The minimum atomic E-state index is -3.94. The van der Waals surface area contributed by atoms with E-state index in [4.69, 9.17) is 0 Å². The van der Waals surface area contributed by atoms with E-state index in [9.17, 15) is 12.8 Å². The molecule has 0 aromatic carbocycles. The third-order valence-corrected chi connectivity index (χ3v) is 6.40. The smallest absolute Gasteiger partial charge is 0.241 e. The van der Waals surface area contributed by atoms with Crippen molar-refractivity contribution >= 4 is 26.0 Å². The molecule has 1 aromatic rings. The zero-order valence-electron chi connectivity index (χ0n) is 11.3. The van der Waals surface area contributed by atoms with Gasteiger partial charge in [0.15, 0.2) is 5.82 Å². The predicted octanol–water partition coefficient (Wildman–Crippen LogP) is 2.84. The molecule has 1 aliphatic rings. The maximum Gasteiger partial charge on any atom is 0.261 e. The van der Waals surface area contributed by atoms with E-state index in [1.54, 1.807) is 0 Å². The first-order chi connectivity index (χ1) is 9.38. The Labute approximate surface area is 127 Å². The maximum atomic E-state index is 13.6. The van der Waals surface area contributed by atoms with Gasteiger partial charge in [-0.15, -0.1) is 0 Å². The van der Waals surface area contributed by atoms with Gasteiger partial charge in [-0.25, -0.2) is 22.5 Å². The average molecular weight is 365 g/mol. The number of aromatic nitrogens is 1. The number of hydrogen-bond acceptors (Lipinski definition) is 3. The zero-order chi connectivity index (χ0) is 14.8. The second kappa shape index (κ2) is 6.07. The van der Waals surface area contributed by atoms with Crippen LogP contribution in [0.4, 0.5) is 4.39 Å². The van der Waals surface area contributed by atoms with Crippen LogP contribution in [-0.4, -0.2) is 24.3 Å². The van der Waals surface area contributed by atoms with Gasteiger partial charge < -0.3 is 0 Å². The molecule has 0 bridgehead atoms. The molecule has 0 saturated heterocycles. The van der Waals surface area contributed by atoms with Crippen LogP contribution in [0.5, 0.6) is 0 Å². The van der Waals surface area contributed by atoms with Gasteiger partial charge in [0.25, 0.3) is 10.0 Å². The van der Waals surface area contributed by atoms with Crippen LogP contribution in [0.1, 0.15) is 32.6 Å². The van der Waals surface area contributed by atoms with Crippen LogP contribution in [-0.2, 0) is 10.0 Å². The van der Waals surface area contributed by atoms with Crippen LogP contribution in [0.15, 0.2) is 23.4 Å². The highest BCUT2D eigenvalue weighted by atomic mass is 79.9. The van der Waals surface area contributed by atoms with Crippen molar-refractivity contribution in [1.29, 1.82) is 0 Å². The summed E-state index contributed by atoms with van der Waals surface area (Å²) < 4.78 is 41.0. The molecule has 0 unspecified atom stereocenters. The number of rotatable bonds is 4. The summed E-state index contributed by atoms with van der Waals surface area (Å²) in [5.41, 5.74) is -0.546. The fourth-order valence-corrected chi connectivity index (χ4v) is 4.83. The normalized spacial score (nSPS) is 27.4. The fraction of sp³-hybridized carbons (Fsp3) is 0.615. The highest BCUT2D eigenvalue weighted by molar-refractivity contribution is 9.09. The minimum absolute atomic E-state index is 0.514. The lowest BCUT2D eigenvalue weighted by Crippen LogP contribution is -2.52. The lowest BCUT2D eigenvalue weighted by molar-refractivity contribution is 0.249. The summed E-state index contributed by atoms with van der Waals surface area (Å²) in [5, 5.41) is -0.0145. The third kappa shape index (κ3) is 3.38. The number of nitrogens with zero attached hydrogens (tertiary/aromatic N) is 1. The van der Waals surface area contributed by atoms with Crippen molar-refractivity contribution in [2.75, 3.05) is 5.33 Å². The van der Waals surface area contributed by atoms with E-state index >= 15 is 0 Å². The number of halogens is 2. The summed E-state index contributed by atoms with van der Waals surface area (Å²) in [4.78, 5) is 3.66. The summed E-state index contributed by atoms with van der Waals surface area (Å²) in [6.45, 7) is 2.16. The Hall–Kier alpha value is -0.530. The van der Waals surface area contributed by atoms with E-state index in [0.717, 1.165) is 31.7 Å². The number of nitrogens with one attached hydrogen (secondary N) is 1. The molecule has 4 nitrogen and oxygen atoms in total. The van der Waals surface area contributed by atoms with Crippen molar-refractivity contribution in [1.82, 2.24) is 9.71 Å². The van der Waals surface area contributed by atoms with Crippen LogP contribution in [0.25, 0.3) is 0 Å². The Morgan fingerprint density at radius 1 is 1.50 bits per heavy atom. The maximum absolute atomic E-state index is 13.6. The van der Waals surface area contributed by atoms with Crippen LogP contribution in [0, 0.1) is 11.7 Å². The van der Waals surface area contributed by atoms with E-state index in [2.05, 4.69) is 32.6 Å². The van der Waals surface area contributed by atoms with Gasteiger partial charge in [-0.3, -0.25) is 0 Å². The molecule has 1 aliphatic carbocycles. The Balaban J connectivity index is 2.25. The lowest BCUT2D eigenvalue weighted by Gasteiger charge is -2.38.